The summed E-state index contributed by atoms with van der Waals surface area (Å²) in [5.41, 5.74) is 8.05. The maximum Gasteiger partial charge on any atom is 0.310 e. The summed E-state index contributed by atoms with van der Waals surface area (Å²) in [6.07, 6.45) is 0.217. The van der Waals surface area contributed by atoms with Gasteiger partial charge >= 0.3 is 5.97 Å². The van der Waals surface area contributed by atoms with Crippen molar-refractivity contribution >= 4 is 11.7 Å². The van der Waals surface area contributed by atoms with Crippen molar-refractivity contribution in [1.82, 2.24) is 0 Å². The highest BCUT2D eigenvalue weighted by atomic mass is 16.5. The molecule has 0 radical (unpaired) electrons. The van der Waals surface area contributed by atoms with Gasteiger partial charge in [-0.15, -0.1) is 0 Å². The molecule has 0 heterocycles. The standard InChI is InChI=1S/C16H17NO3/c1-19-15-7-3-5-13(9-15)11-20-16(18)10-12-4-2-6-14(17)8-12/h2-9H,10-11,17H2,1H3. The highest BCUT2D eigenvalue weighted by molar-refractivity contribution is 5.73. The zero-order chi connectivity index (χ0) is 14.4. The Morgan fingerprint density at radius 2 is 1.85 bits per heavy atom. The quantitative estimate of drug-likeness (QED) is 0.670. The fourth-order valence-electron chi connectivity index (χ4n) is 1.85. The largest absolute Gasteiger partial charge is 0.497 e. The number of ether oxygens (including phenoxy) is 2. The molecule has 2 rings (SSSR count). The van der Waals surface area contributed by atoms with E-state index < -0.39 is 0 Å². The molecule has 20 heavy (non-hydrogen) atoms. The van der Waals surface area contributed by atoms with Crippen LogP contribution in [-0.2, 0) is 22.6 Å². The fourth-order valence-corrected chi connectivity index (χ4v) is 1.85. The molecular weight excluding hydrogens is 254 g/mol. The number of hydrogen-bond donors (Lipinski definition) is 1. The molecule has 0 fully saturated rings. The number of rotatable bonds is 5. The average molecular weight is 271 g/mol. The Bertz CT molecular complexity index is 596. The zero-order valence-electron chi connectivity index (χ0n) is 11.3. The number of nitrogens with two attached hydrogens (primary N) is 1. The Labute approximate surface area is 118 Å². The molecule has 0 amide bonds. The molecule has 0 aliphatic heterocycles. The third kappa shape index (κ3) is 4.02. The average Bonchev–Trinajstić information content (AvgIpc) is 2.45. The summed E-state index contributed by atoms with van der Waals surface area (Å²) in [4.78, 5) is 11.8. The minimum Gasteiger partial charge on any atom is -0.497 e. The molecule has 0 atom stereocenters. The van der Waals surface area contributed by atoms with Crippen LogP contribution >= 0.6 is 0 Å². The van der Waals surface area contributed by atoms with E-state index in [1.165, 1.54) is 0 Å². The first-order valence-corrected chi connectivity index (χ1v) is 6.30. The predicted molar refractivity (Wildman–Crippen MR) is 77.3 cm³/mol. The summed E-state index contributed by atoms with van der Waals surface area (Å²) in [6, 6.07) is 14.7. The van der Waals surface area contributed by atoms with Gasteiger partial charge in [-0.05, 0) is 35.4 Å². The summed E-state index contributed by atoms with van der Waals surface area (Å²) in [7, 11) is 1.60. The molecule has 0 aromatic heterocycles. The molecule has 0 bridgehead atoms. The van der Waals surface area contributed by atoms with Crippen molar-refractivity contribution in [2.24, 2.45) is 0 Å². The number of carbonyl (C=O) groups excluding carboxylic acids is 1. The van der Waals surface area contributed by atoms with Crippen molar-refractivity contribution in [3.8, 4) is 5.75 Å². The van der Waals surface area contributed by atoms with Crippen LogP contribution in [0.5, 0.6) is 5.75 Å². The zero-order valence-corrected chi connectivity index (χ0v) is 11.3. The third-order valence-electron chi connectivity index (χ3n) is 2.83. The summed E-state index contributed by atoms with van der Waals surface area (Å²) in [5.74, 6) is 0.466. The Morgan fingerprint density at radius 1 is 1.10 bits per heavy atom. The molecular formula is C16H17NO3. The van der Waals surface area contributed by atoms with Crippen molar-refractivity contribution in [2.75, 3.05) is 12.8 Å². The van der Waals surface area contributed by atoms with E-state index in [-0.39, 0.29) is 19.0 Å². The van der Waals surface area contributed by atoms with E-state index in [1.54, 1.807) is 19.2 Å². The Kier molecular flexibility index (Phi) is 4.60. The lowest BCUT2D eigenvalue weighted by molar-refractivity contribution is -0.144. The van der Waals surface area contributed by atoms with Crippen LogP contribution < -0.4 is 10.5 Å². The number of hydrogen-bond acceptors (Lipinski definition) is 4. The lowest BCUT2D eigenvalue weighted by Gasteiger charge is -2.07. The van der Waals surface area contributed by atoms with Crippen LogP contribution in [0.4, 0.5) is 5.69 Å². The lowest BCUT2D eigenvalue weighted by Crippen LogP contribution is -2.08. The molecule has 0 spiro atoms. The Morgan fingerprint density at radius 3 is 2.60 bits per heavy atom. The van der Waals surface area contributed by atoms with E-state index in [0.717, 1.165) is 16.9 Å². The second-order valence-corrected chi connectivity index (χ2v) is 4.43. The van der Waals surface area contributed by atoms with Crippen LogP contribution in [0, 0.1) is 0 Å². The van der Waals surface area contributed by atoms with Crippen LogP contribution in [0.2, 0.25) is 0 Å². The van der Waals surface area contributed by atoms with Gasteiger partial charge in [-0.25, -0.2) is 0 Å². The van der Waals surface area contributed by atoms with Gasteiger partial charge in [-0.3, -0.25) is 4.79 Å². The van der Waals surface area contributed by atoms with Crippen LogP contribution in [0.3, 0.4) is 0 Å². The Hall–Kier alpha value is -2.49. The van der Waals surface area contributed by atoms with E-state index in [1.807, 2.05) is 36.4 Å². The van der Waals surface area contributed by atoms with Crippen LogP contribution in [0.15, 0.2) is 48.5 Å². The highest BCUT2D eigenvalue weighted by Gasteiger charge is 2.06. The minimum atomic E-state index is -0.279. The summed E-state index contributed by atoms with van der Waals surface area (Å²) < 4.78 is 10.4. The predicted octanol–water partition coefficient (Wildman–Crippen LogP) is 2.56. The summed E-state index contributed by atoms with van der Waals surface area (Å²) in [6.45, 7) is 0.234. The molecule has 0 unspecified atom stereocenters. The topological polar surface area (TPSA) is 61.5 Å². The maximum absolute atomic E-state index is 11.8. The number of carbonyl (C=O) groups is 1. The van der Waals surface area contributed by atoms with Crippen molar-refractivity contribution in [1.29, 1.82) is 0 Å². The van der Waals surface area contributed by atoms with Gasteiger partial charge in [0.05, 0.1) is 13.5 Å². The Balaban J connectivity index is 1.88. The van der Waals surface area contributed by atoms with Gasteiger partial charge in [0.2, 0.25) is 0 Å². The normalized spacial score (nSPS) is 10.1. The SMILES string of the molecule is COc1cccc(COC(=O)Cc2cccc(N)c2)c1. The first kappa shape index (κ1) is 13.9. The molecule has 0 saturated carbocycles. The number of methoxy groups -OCH3 is 1. The fraction of sp³-hybridized carbons (Fsp3) is 0.188. The van der Waals surface area contributed by atoms with Gasteiger partial charge in [-0.2, -0.15) is 0 Å². The maximum atomic E-state index is 11.8. The van der Waals surface area contributed by atoms with Gasteiger partial charge in [0.15, 0.2) is 0 Å². The third-order valence-corrected chi connectivity index (χ3v) is 2.83. The van der Waals surface area contributed by atoms with Crippen LogP contribution in [0.1, 0.15) is 11.1 Å². The lowest BCUT2D eigenvalue weighted by atomic mass is 10.1. The molecule has 4 nitrogen and oxygen atoms in total. The molecule has 104 valence electrons. The first-order chi connectivity index (χ1) is 9.67. The number of anilines is 1. The van der Waals surface area contributed by atoms with E-state index in [9.17, 15) is 4.79 Å². The second-order valence-electron chi connectivity index (χ2n) is 4.43. The molecule has 4 heteroatoms. The van der Waals surface area contributed by atoms with Crippen molar-refractivity contribution < 1.29 is 14.3 Å². The van der Waals surface area contributed by atoms with E-state index >= 15 is 0 Å². The number of benzene rings is 2. The first-order valence-electron chi connectivity index (χ1n) is 6.30. The van der Waals surface area contributed by atoms with Crippen molar-refractivity contribution in [3.63, 3.8) is 0 Å². The molecule has 0 saturated heterocycles. The molecule has 2 aromatic carbocycles. The van der Waals surface area contributed by atoms with E-state index in [0.29, 0.717) is 5.69 Å². The van der Waals surface area contributed by atoms with E-state index in [4.69, 9.17) is 15.2 Å². The second kappa shape index (κ2) is 6.61. The molecule has 2 N–H and O–H groups in total. The van der Waals surface area contributed by atoms with Gasteiger partial charge < -0.3 is 15.2 Å². The molecule has 2 aromatic rings. The summed E-state index contributed by atoms with van der Waals surface area (Å²) >= 11 is 0. The number of nitrogen functional groups attached to an aromatic ring is 1. The highest BCUT2D eigenvalue weighted by Crippen LogP contribution is 2.14. The summed E-state index contributed by atoms with van der Waals surface area (Å²) in [5, 5.41) is 0. The minimum absolute atomic E-state index is 0.217. The smallest absolute Gasteiger partial charge is 0.310 e. The van der Waals surface area contributed by atoms with Crippen molar-refractivity contribution in [2.45, 2.75) is 13.0 Å². The number of esters is 1. The monoisotopic (exact) mass is 271 g/mol. The van der Waals surface area contributed by atoms with Gasteiger partial charge in [0, 0.05) is 5.69 Å². The van der Waals surface area contributed by atoms with Crippen LogP contribution in [-0.4, -0.2) is 13.1 Å². The van der Waals surface area contributed by atoms with Gasteiger partial charge in [0.1, 0.15) is 12.4 Å². The van der Waals surface area contributed by atoms with Gasteiger partial charge in [-0.1, -0.05) is 24.3 Å². The van der Waals surface area contributed by atoms with E-state index in [2.05, 4.69) is 0 Å². The van der Waals surface area contributed by atoms with Gasteiger partial charge in [0.25, 0.3) is 0 Å². The molecule has 0 aliphatic carbocycles. The van der Waals surface area contributed by atoms with Crippen LogP contribution in [0.25, 0.3) is 0 Å². The molecule has 0 aliphatic rings. The van der Waals surface area contributed by atoms with Crippen molar-refractivity contribution in [3.05, 3.63) is 59.7 Å².